The Bertz CT molecular complexity index is 6130. The molecule has 2 aliphatic heterocycles. The van der Waals surface area contributed by atoms with Crippen molar-refractivity contribution in [1.29, 1.82) is 0 Å². The third kappa shape index (κ3) is 45.9. The van der Waals surface area contributed by atoms with Crippen LogP contribution in [0.4, 0.5) is 0 Å². The first-order valence-corrected chi connectivity index (χ1v) is 59.8. The van der Waals surface area contributed by atoms with Gasteiger partial charge in [0.2, 0.25) is 0 Å². The summed E-state index contributed by atoms with van der Waals surface area (Å²) in [7, 11) is -0.446. The summed E-state index contributed by atoms with van der Waals surface area (Å²) in [4.78, 5) is 20.8. The minimum atomic E-state index is -2.93. The molecule has 3 radical (unpaired) electrons. The molecule has 2 aliphatic rings. The summed E-state index contributed by atoms with van der Waals surface area (Å²) < 4.78 is 14.8. The Kier molecular flexibility index (Phi) is 66.4. The van der Waals surface area contributed by atoms with Crippen molar-refractivity contribution in [3.8, 4) is 0 Å². The molecule has 17 heteroatoms. The second-order valence-electron chi connectivity index (χ2n) is 35.4. The molecule has 3 N–H and O–H groups in total. The average molecular weight is 2600 g/mol. The van der Waals surface area contributed by atoms with Crippen molar-refractivity contribution in [3.05, 3.63) is 545 Å². The number of rotatable bonds is 19. The molecule has 0 atom stereocenters. The van der Waals surface area contributed by atoms with Crippen molar-refractivity contribution in [3.63, 3.8) is 0 Å². The number of aryl methyl sites for hydroxylation is 12. The Morgan fingerprint density at radius 1 is 0.360 bits per heavy atom. The van der Waals surface area contributed by atoms with Crippen molar-refractivity contribution in [2.45, 2.75) is 141 Å². The van der Waals surface area contributed by atoms with Gasteiger partial charge in [-0.2, -0.15) is 6.42 Å². The Balaban J connectivity index is 0.000000354. The standard InChI is InChI=1S/C27H26BrP.C18H15P.3C16H15I.C9H10O2.C9H12O.C7H5IO.2C4H8O.C4H9.C3H6O.B.BrH.Li/c1-22-13-12-14-23(2)27(22)21-29(28,24-15-6-3-7-16-24,25-17-8-4-9-18-25)26-19-10-5-11-20-26;1-4-10-16(11-5-1)19(17-12-6-2-7-13-17)18-14-8-3-9-15-18;3*1-12-5-3-6-13(2)16(12)10-9-14-7-4-8-15(17)11-14;1-6-4-3-5-7(2)8(6)9(10)11;1-7-4-3-5-8(2)9(7)6-10;8-7-3-1-2-6(4-7)5-9;2*1-2-4-5-3-1;1-3-4-2;1-2-3-4;;;/h3-20H,21H2,1-2H3;1-15H;3*3-11H,1-2H3;3-5H,1-2H3,(H,10,11);3-5,10H,6H2,1-2H3;1-5H;2*1-4H2;1,3-4H2,2H3;2,4H,1,3H2;;1H;/q;;;;;;;;;;-1;;;;+1/b;;2*10-9+;10-9-;;;;;;;;;;. The molecule has 16 aromatic rings. The number of carbonyl (C=O) groups is 2. The van der Waals surface area contributed by atoms with Crippen LogP contribution >= 0.6 is 136 Å². The molecule has 18 rings (SSSR count). The number of halogens is 6. The van der Waals surface area contributed by atoms with Crippen LogP contribution in [0.2, 0.25) is 0 Å². The van der Waals surface area contributed by atoms with Crippen LogP contribution in [0.15, 0.2) is 401 Å². The molecule has 2 saturated heterocycles. The van der Waals surface area contributed by atoms with Crippen molar-refractivity contribution in [2.75, 3.05) is 33.0 Å². The Morgan fingerprint density at radius 3 is 0.787 bits per heavy atom. The molecule has 0 unspecified atom stereocenters. The molecular weight excluding hydrogens is 2460 g/mol. The van der Waals surface area contributed by atoms with E-state index in [2.05, 4.69) is 546 Å². The first-order valence-electron chi connectivity index (χ1n) is 49.7. The van der Waals surface area contributed by atoms with Gasteiger partial charge in [0.15, 0.2) is 0 Å². The van der Waals surface area contributed by atoms with Gasteiger partial charge in [-0.25, -0.2) is 4.79 Å². The Morgan fingerprint density at radius 2 is 0.587 bits per heavy atom. The van der Waals surface area contributed by atoms with Crippen LogP contribution in [0.5, 0.6) is 0 Å². The zero-order valence-electron chi connectivity index (χ0n) is 89.4. The van der Waals surface area contributed by atoms with Crippen LogP contribution in [0.1, 0.15) is 177 Å². The molecule has 2 heterocycles. The molecule has 0 amide bonds. The predicted molar refractivity (Wildman–Crippen MR) is 694 cm³/mol. The Hall–Kier alpha value is -9.14. The number of benzene rings is 16. The fourth-order valence-electron chi connectivity index (χ4n) is 16.0. The summed E-state index contributed by atoms with van der Waals surface area (Å²) in [5, 5.41) is 30.7. The van der Waals surface area contributed by atoms with Crippen LogP contribution in [0.25, 0.3) is 36.5 Å². The molecule has 150 heavy (non-hydrogen) atoms. The maximum absolute atomic E-state index is 10.6. The van der Waals surface area contributed by atoms with E-state index in [0.717, 1.165) is 71.1 Å². The minimum Gasteiger partial charge on any atom is -0.343 e. The molecule has 0 aromatic heterocycles. The Labute approximate surface area is 986 Å². The fourth-order valence-corrected chi connectivity index (χ4v) is 28.4. The minimum absolute atomic E-state index is 0. The van der Waals surface area contributed by atoms with E-state index in [1.165, 1.54) is 175 Å². The number of aldehydes is 1. The van der Waals surface area contributed by atoms with Crippen LogP contribution in [-0.2, 0) is 22.2 Å². The second kappa shape index (κ2) is 74.8. The molecule has 7 nitrogen and oxygen atoms in total. The first kappa shape index (κ1) is 133. The number of aliphatic hydroxyl groups excluding tert-OH is 2. The number of hydrogen-bond acceptors (Lipinski definition) is 6. The van der Waals surface area contributed by atoms with Crippen molar-refractivity contribution < 1.29 is 53.2 Å². The van der Waals surface area contributed by atoms with E-state index in [1.807, 2.05) is 56.3 Å². The van der Waals surface area contributed by atoms with Crippen molar-refractivity contribution in [1.82, 2.24) is 0 Å². The van der Waals surface area contributed by atoms with Gasteiger partial charge >= 0.3 is 207 Å². The SMILES string of the molecule is Br.C1CCOC1.C1CCOC1.C=CCO.Cc1cccc(C)c1/C=C/c1cccc(I)c1.Cc1cccc(C)c1/C=C/c1cccc(I)c1.Cc1cccc(C)c1/C=C\c1cccc(I)c1.Cc1cccc(C)c1C(=O)O.Cc1cccc(C)c1CO.Cc1cccc(C)c1CP(Br)(c1ccccc1)(c1ccccc1)c1ccccc1.O=Cc1cccc(I)c1.[B].[CH2-]CCC.[Li+].c1ccc(P(c2ccccc2)c2ccccc2)cc1. The van der Waals surface area contributed by atoms with E-state index in [4.69, 9.17) is 24.8 Å². The number of hydrogen-bond donors (Lipinski definition) is 3. The summed E-state index contributed by atoms with van der Waals surface area (Å²) in [5.41, 5.74) is 26.0. The second-order valence-corrected chi connectivity index (χ2v) is 51.5. The van der Waals surface area contributed by atoms with Gasteiger partial charge in [0.25, 0.3) is 0 Å². The predicted octanol–water partition coefficient (Wildman–Crippen LogP) is 31.8. The number of carbonyl (C=O) groups excluding carboxylic acids is 1. The molecule has 0 spiro atoms. The first-order chi connectivity index (χ1) is 71.0. The summed E-state index contributed by atoms with van der Waals surface area (Å²) in [6.07, 6.45) is 23.8. The molecule has 775 valence electrons. The maximum Gasteiger partial charge on any atom is 1.00 e. The summed E-state index contributed by atoms with van der Waals surface area (Å²) in [6, 6.07) is 136. The van der Waals surface area contributed by atoms with Gasteiger partial charge in [0, 0.05) is 54.7 Å². The number of aliphatic hydroxyl groups is 2. The van der Waals surface area contributed by atoms with E-state index in [0.29, 0.717) is 5.56 Å². The third-order valence-corrected chi connectivity index (χ3v) is 38.7. The monoisotopic (exact) mass is 2600 g/mol. The van der Waals surface area contributed by atoms with Crippen LogP contribution < -0.4 is 50.7 Å². The largest absolute Gasteiger partial charge is 1.00 e. The number of unbranched alkanes of at least 4 members (excludes halogenated alkanes) is 1. The van der Waals surface area contributed by atoms with Crippen LogP contribution in [-0.4, -0.2) is 69.0 Å². The summed E-state index contributed by atoms with van der Waals surface area (Å²) in [6.45, 7) is 38.2. The molecule has 16 aromatic carbocycles. The topological polar surface area (TPSA) is 113 Å². The molecule has 2 fully saturated rings. The van der Waals surface area contributed by atoms with E-state index in [9.17, 15) is 9.59 Å². The number of carboxylic acids is 1. The normalized spacial score (nSPS) is 11.4. The van der Waals surface area contributed by atoms with Gasteiger partial charge in [0.05, 0.1) is 18.8 Å². The summed E-state index contributed by atoms with van der Waals surface area (Å²) in [5.74, 6) is -0.847. The van der Waals surface area contributed by atoms with Gasteiger partial charge in [-0.3, -0.25) is 4.79 Å². The number of ether oxygens (including phenoxy) is 2. The summed E-state index contributed by atoms with van der Waals surface area (Å²) >= 11 is 13.7. The number of carboxylic acid groups (broad SMARTS) is 1. The zero-order valence-corrected chi connectivity index (χ0v) is 103. The van der Waals surface area contributed by atoms with E-state index in [1.54, 1.807) is 32.0 Å². The van der Waals surface area contributed by atoms with Gasteiger partial charge in [-0.15, -0.1) is 23.6 Å². The van der Waals surface area contributed by atoms with E-state index < -0.39 is 19.2 Å². The van der Waals surface area contributed by atoms with E-state index >= 15 is 0 Å². The number of aromatic carboxylic acids is 1. The smallest absolute Gasteiger partial charge is 0.343 e. The molecule has 0 bridgehead atoms. The molecular formula is C133H145BBr2I4LiO7P2. The van der Waals surface area contributed by atoms with Crippen LogP contribution in [0, 0.1) is 104 Å². The average Bonchev–Trinajstić information content (AvgIpc) is 0.712. The maximum atomic E-state index is 10.6. The van der Waals surface area contributed by atoms with Gasteiger partial charge in [0.1, 0.15) is 6.29 Å². The fraction of sp³-hybridized carbons (Fsp3) is 0.195. The van der Waals surface area contributed by atoms with Crippen LogP contribution in [0.3, 0.4) is 0 Å². The third-order valence-electron chi connectivity index (χ3n) is 24.1. The van der Waals surface area contributed by atoms with Crippen molar-refractivity contribution >= 4 is 225 Å². The quantitative estimate of drug-likeness (QED) is 0.0141. The van der Waals surface area contributed by atoms with E-state index in [-0.39, 0.29) is 57.5 Å². The molecule has 0 aliphatic carbocycles. The van der Waals surface area contributed by atoms with Crippen molar-refractivity contribution in [2.24, 2.45) is 0 Å². The molecule has 0 saturated carbocycles. The van der Waals surface area contributed by atoms with Gasteiger partial charge < -0.3 is 31.7 Å². The van der Waals surface area contributed by atoms with Gasteiger partial charge in [-0.1, -0.05) is 286 Å². The van der Waals surface area contributed by atoms with Gasteiger partial charge in [-0.05, 0) is 352 Å². The zero-order chi connectivity index (χ0) is 107.